The monoisotopic (exact) mass is 395 g/mol. The Balaban J connectivity index is 2.06. The van der Waals surface area contributed by atoms with Crippen molar-refractivity contribution in [3.05, 3.63) is 54.3 Å². The van der Waals surface area contributed by atoms with Crippen LogP contribution in [0.5, 0.6) is 11.5 Å². The normalized spacial score (nSPS) is 17.3. The molecule has 0 saturated carbocycles. The molecule has 3 N–H and O–H groups in total. The number of hydrogen-bond acceptors (Lipinski definition) is 3. The van der Waals surface area contributed by atoms with Gasteiger partial charge in [0.1, 0.15) is 11.5 Å². The van der Waals surface area contributed by atoms with Crippen molar-refractivity contribution in [1.29, 1.82) is 0 Å². The number of allylic oxidation sites excluding steroid dienone is 5. The van der Waals surface area contributed by atoms with Crippen molar-refractivity contribution in [3.63, 3.8) is 0 Å². The second-order valence-corrected chi connectivity index (χ2v) is 7.77. The molecule has 1 aromatic carbocycles. The number of benzene rings is 1. The molecule has 2 unspecified atom stereocenters. The first-order chi connectivity index (χ1) is 14.1. The van der Waals surface area contributed by atoms with Crippen molar-refractivity contribution in [3.8, 4) is 11.5 Å². The summed E-state index contributed by atoms with van der Waals surface area (Å²) in [6, 6.07) is 3.67. The maximum atomic E-state index is 10.9. The fourth-order valence-electron chi connectivity index (χ4n) is 4.25. The first-order valence-electron chi connectivity index (χ1n) is 10.7. The highest BCUT2D eigenvalue weighted by Crippen LogP contribution is 2.46. The van der Waals surface area contributed by atoms with Crippen LogP contribution in [0.2, 0.25) is 0 Å². The van der Waals surface area contributed by atoms with E-state index >= 15 is 0 Å². The second-order valence-electron chi connectivity index (χ2n) is 7.77. The molecule has 2 atom stereocenters. The zero-order valence-corrected chi connectivity index (χ0v) is 17.6. The number of hydrogen-bond donors (Lipinski definition) is 3. The number of unbranched alkanes of at least 4 members (excludes halogenated alkanes) is 2. The molecule has 4 heteroatoms. The predicted molar refractivity (Wildman–Crippen MR) is 121 cm³/mol. The molecule has 0 saturated heterocycles. The van der Waals surface area contributed by atoms with Crippen molar-refractivity contribution >= 4 is 16.5 Å². The van der Waals surface area contributed by atoms with Gasteiger partial charge in [0.2, 0.25) is 0 Å². The molecule has 2 aromatic rings. The Morgan fingerprint density at radius 2 is 2.17 bits per heavy atom. The molecule has 0 spiro atoms. The van der Waals surface area contributed by atoms with Crippen LogP contribution in [0.3, 0.4) is 0 Å². The summed E-state index contributed by atoms with van der Waals surface area (Å²) in [4.78, 5) is 3.48. The first kappa shape index (κ1) is 21.3. The minimum absolute atomic E-state index is 0.00413. The van der Waals surface area contributed by atoms with E-state index in [2.05, 4.69) is 36.7 Å². The molecule has 1 aliphatic carbocycles. The Kier molecular flexibility index (Phi) is 7.21. The van der Waals surface area contributed by atoms with Crippen LogP contribution in [-0.4, -0.2) is 28.4 Å². The Morgan fingerprint density at radius 1 is 1.34 bits per heavy atom. The van der Waals surface area contributed by atoms with Crippen molar-refractivity contribution in [2.75, 3.05) is 13.2 Å². The zero-order chi connectivity index (χ0) is 20.8. The fraction of sp³-hybridized carbons (Fsp3) is 0.440. The van der Waals surface area contributed by atoms with E-state index in [4.69, 9.17) is 4.74 Å². The number of ether oxygens (including phenoxy) is 1. The van der Waals surface area contributed by atoms with Gasteiger partial charge in [-0.2, -0.15) is 0 Å². The van der Waals surface area contributed by atoms with Crippen molar-refractivity contribution in [1.82, 2.24) is 4.98 Å². The Morgan fingerprint density at radius 3 is 2.86 bits per heavy atom. The Bertz CT molecular complexity index is 906. The van der Waals surface area contributed by atoms with Crippen molar-refractivity contribution in [2.24, 2.45) is 5.92 Å². The summed E-state index contributed by atoms with van der Waals surface area (Å²) in [6.07, 6.45) is 13.3. The third kappa shape index (κ3) is 4.43. The molecule has 0 aliphatic heterocycles. The van der Waals surface area contributed by atoms with Gasteiger partial charge in [-0.1, -0.05) is 44.1 Å². The number of aromatic amines is 1. The van der Waals surface area contributed by atoms with Crippen LogP contribution in [0.1, 0.15) is 63.1 Å². The molecular weight excluding hydrogens is 362 g/mol. The molecule has 0 radical (unpaired) electrons. The first-order valence-corrected chi connectivity index (χ1v) is 10.7. The Labute approximate surface area is 173 Å². The minimum atomic E-state index is 0.00413. The summed E-state index contributed by atoms with van der Waals surface area (Å²) in [6.45, 7) is 8.81. The van der Waals surface area contributed by atoms with Crippen LogP contribution < -0.4 is 4.74 Å². The second kappa shape index (κ2) is 9.84. The molecule has 0 fully saturated rings. The maximum absolute atomic E-state index is 10.9. The number of aromatic nitrogens is 1. The number of phenols is 1. The lowest BCUT2D eigenvalue weighted by molar-refractivity contribution is 0.263. The van der Waals surface area contributed by atoms with E-state index in [-0.39, 0.29) is 24.2 Å². The molecule has 4 nitrogen and oxygen atoms in total. The largest absolute Gasteiger partial charge is 0.507 e. The molecule has 1 heterocycles. The number of aliphatic hydroxyl groups excluding tert-OH is 1. The maximum Gasteiger partial charge on any atom is 0.129 e. The highest BCUT2D eigenvalue weighted by Gasteiger charge is 2.29. The highest BCUT2D eigenvalue weighted by molar-refractivity contribution is 6.00. The van der Waals surface area contributed by atoms with Gasteiger partial charge in [-0.15, -0.1) is 6.58 Å². The molecule has 29 heavy (non-hydrogen) atoms. The predicted octanol–water partition coefficient (Wildman–Crippen LogP) is 6.07. The van der Waals surface area contributed by atoms with E-state index in [0.29, 0.717) is 12.4 Å². The van der Waals surface area contributed by atoms with E-state index in [1.807, 2.05) is 19.1 Å². The van der Waals surface area contributed by atoms with Gasteiger partial charge in [0.15, 0.2) is 0 Å². The van der Waals surface area contributed by atoms with Crippen LogP contribution in [0.4, 0.5) is 0 Å². The Hall–Kier alpha value is -2.46. The van der Waals surface area contributed by atoms with E-state index < -0.39 is 0 Å². The third-order valence-corrected chi connectivity index (χ3v) is 5.68. The lowest BCUT2D eigenvalue weighted by Gasteiger charge is -2.25. The third-order valence-electron chi connectivity index (χ3n) is 5.68. The van der Waals surface area contributed by atoms with Crippen LogP contribution >= 0.6 is 0 Å². The molecule has 156 valence electrons. The molecule has 1 aliphatic rings. The molecular formula is C25H33NO3. The zero-order valence-electron chi connectivity index (χ0n) is 17.6. The molecule has 3 rings (SSSR count). The van der Waals surface area contributed by atoms with Gasteiger partial charge in [0.05, 0.1) is 18.7 Å². The van der Waals surface area contributed by atoms with Crippen LogP contribution in [0.15, 0.2) is 43.0 Å². The topological polar surface area (TPSA) is 65.5 Å². The number of H-pyrrole nitrogens is 1. The summed E-state index contributed by atoms with van der Waals surface area (Å²) in [5, 5.41) is 21.6. The number of rotatable bonds is 10. The molecule has 0 bridgehead atoms. The smallest absolute Gasteiger partial charge is 0.129 e. The van der Waals surface area contributed by atoms with E-state index in [0.717, 1.165) is 54.3 Å². The lowest BCUT2D eigenvalue weighted by atomic mass is 9.80. The number of aromatic hydroxyl groups is 1. The highest BCUT2D eigenvalue weighted by atomic mass is 16.5. The minimum Gasteiger partial charge on any atom is -0.507 e. The van der Waals surface area contributed by atoms with Crippen LogP contribution in [0, 0.1) is 5.92 Å². The lowest BCUT2D eigenvalue weighted by Crippen LogP contribution is -2.13. The van der Waals surface area contributed by atoms with Crippen molar-refractivity contribution in [2.45, 2.75) is 51.9 Å². The van der Waals surface area contributed by atoms with Crippen molar-refractivity contribution < 1.29 is 14.9 Å². The van der Waals surface area contributed by atoms with Gasteiger partial charge in [-0.25, -0.2) is 0 Å². The van der Waals surface area contributed by atoms with Gasteiger partial charge in [0, 0.05) is 40.6 Å². The van der Waals surface area contributed by atoms with Gasteiger partial charge in [-0.05, 0) is 31.8 Å². The van der Waals surface area contributed by atoms with Gasteiger partial charge < -0.3 is 19.9 Å². The summed E-state index contributed by atoms with van der Waals surface area (Å²) < 4.78 is 5.87. The van der Waals surface area contributed by atoms with Gasteiger partial charge in [0.25, 0.3) is 0 Å². The summed E-state index contributed by atoms with van der Waals surface area (Å²) in [5.41, 5.74) is 4.05. The quantitative estimate of drug-likeness (QED) is 0.338. The standard InChI is InChI=1S/C25H33NO3/c1-4-7-8-13-29-19-14-21-24(22(28)15-19)23-20(17(9-5-2)10-6-3)12-11-18(16-27)25(23)26-21/h5-6,10,12,14-15,17-18,26-28H,2,4,7-9,11,13,16H2,1,3H3/b10-6-. The SMILES string of the molecule is C=CCC(/C=C\C)C1=CCC(CO)c2[nH]c3cc(OCCCCC)cc(O)c3c21. The molecule has 1 aromatic heterocycles. The molecule has 0 amide bonds. The van der Waals surface area contributed by atoms with E-state index in [1.165, 1.54) is 5.57 Å². The fourth-order valence-corrected chi connectivity index (χ4v) is 4.25. The number of phenolic OH excluding ortho intramolecular Hbond substituents is 1. The van der Waals surface area contributed by atoms with Crippen LogP contribution in [0.25, 0.3) is 16.5 Å². The van der Waals surface area contributed by atoms with E-state index in [9.17, 15) is 10.2 Å². The summed E-state index contributed by atoms with van der Waals surface area (Å²) >= 11 is 0. The van der Waals surface area contributed by atoms with Crippen LogP contribution in [-0.2, 0) is 0 Å². The number of fused-ring (bicyclic) bond motifs is 3. The number of aliphatic hydroxyl groups is 1. The number of nitrogens with one attached hydrogen (secondary N) is 1. The van der Waals surface area contributed by atoms with Gasteiger partial charge >= 0.3 is 0 Å². The van der Waals surface area contributed by atoms with E-state index in [1.54, 1.807) is 6.07 Å². The average molecular weight is 396 g/mol. The summed E-state index contributed by atoms with van der Waals surface area (Å²) in [7, 11) is 0. The van der Waals surface area contributed by atoms with Gasteiger partial charge in [-0.3, -0.25) is 0 Å². The average Bonchev–Trinajstić information content (AvgIpc) is 3.10. The summed E-state index contributed by atoms with van der Waals surface area (Å²) in [5.74, 6) is 1.09.